The smallest absolute Gasteiger partial charge is 0.131 e. The first-order valence-corrected chi connectivity index (χ1v) is 7.95. The summed E-state index contributed by atoms with van der Waals surface area (Å²) >= 11 is 14.6. The lowest BCUT2D eigenvalue weighted by Gasteiger charge is -2.10. The van der Waals surface area contributed by atoms with Crippen LogP contribution < -0.4 is 10.5 Å². The fourth-order valence-electron chi connectivity index (χ4n) is 1.94. The molecule has 0 fully saturated rings. The van der Waals surface area contributed by atoms with Crippen molar-refractivity contribution in [1.29, 1.82) is 0 Å². The van der Waals surface area contributed by atoms with Gasteiger partial charge in [0.1, 0.15) is 17.3 Å². The Balaban J connectivity index is 2.17. The van der Waals surface area contributed by atoms with Crippen molar-refractivity contribution in [2.45, 2.75) is 27.0 Å². The highest BCUT2D eigenvalue weighted by Gasteiger charge is 2.13. The summed E-state index contributed by atoms with van der Waals surface area (Å²) in [6, 6.07) is 5.27. The third kappa shape index (κ3) is 3.56. The monoisotopic (exact) mass is 387 g/mol. The van der Waals surface area contributed by atoms with E-state index in [0.717, 1.165) is 22.4 Å². The second-order valence-electron chi connectivity index (χ2n) is 4.46. The van der Waals surface area contributed by atoms with E-state index in [9.17, 15) is 0 Å². The summed E-state index contributed by atoms with van der Waals surface area (Å²) in [5.74, 6) is 0.661. The number of hydrogen-bond donors (Lipinski definition) is 1. The molecule has 2 rings (SSSR count). The first kappa shape index (κ1) is 16.3. The first-order chi connectivity index (χ1) is 9.93. The van der Waals surface area contributed by atoms with E-state index >= 15 is 0 Å². The molecule has 0 aliphatic carbocycles. The van der Waals surface area contributed by atoms with Gasteiger partial charge >= 0.3 is 0 Å². The van der Waals surface area contributed by atoms with Crippen LogP contribution in [0.4, 0.5) is 0 Å². The highest BCUT2D eigenvalue weighted by molar-refractivity contribution is 9.10. The second kappa shape index (κ2) is 6.77. The zero-order valence-corrected chi connectivity index (χ0v) is 14.8. The Morgan fingerprint density at radius 2 is 2.24 bits per heavy atom. The highest BCUT2D eigenvalue weighted by atomic mass is 79.9. The van der Waals surface area contributed by atoms with E-state index in [1.165, 1.54) is 0 Å². The fourth-order valence-corrected chi connectivity index (χ4v) is 2.85. The number of halogens is 2. The van der Waals surface area contributed by atoms with Crippen molar-refractivity contribution < 1.29 is 4.74 Å². The number of aryl methyl sites for hydroxylation is 2. The molecule has 0 saturated heterocycles. The third-order valence-corrected chi connectivity index (χ3v) is 4.60. The molecule has 0 aliphatic rings. The van der Waals surface area contributed by atoms with Gasteiger partial charge < -0.3 is 10.5 Å². The van der Waals surface area contributed by atoms with E-state index in [0.29, 0.717) is 22.9 Å². The molecule has 1 aromatic carbocycles. The predicted octanol–water partition coefficient (Wildman–Crippen LogP) is 3.84. The molecular weight excluding hydrogens is 374 g/mol. The lowest BCUT2D eigenvalue weighted by atomic mass is 10.2. The highest BCUT2D eigenvalue weighted by Crippen LogP contribution is 2.26. The van der Waals surface area contributed by atoms with Crippen molar-refractivity contribution in [2.24, 2.45) is 5.73 Å². The number of benzene rings is 1. The van der Waals surface area contributed by atoms with Gasteiger partial charge in [-0.25, -0.2) is 0 Å². The van der Waals surface area contributed by atoms with Crippen molar-refractivity contribution in [3.05, 3.63) is 44.6 Å². The van der Waals surface area contributed by atoms with Crippen LogP contribution >= 0.6 is 39.7 Å². The van der Waals surface area contributed by atoms with Crippen LogP contribution in [-0.4, -0.2) is 14.8 Å². The number of rotatable bonds is 5. The lowest BCUT2D eigenvalue weighted by Crippen LogP contribution is -2.10. The van der Waals surface area contributed by atoms with E-state index in [1.807, 2.05) is 18.5 Å². The van der Waals surface area contributed by atoms with Gasteiger partial charge in [0.15, 0.2) is 0 Å². The average Bonchev–Trinajstić information content (AvgIpc) is 2.71. The number of ether oxygens (including phenoxy) is 1. The number of nitrogens with two attached hydrogens (primary N) is 1. The molecule has 2 N–H and O–H groups in total. The maximum absolute atomic E-state index is 6.13. The summed E-state index contributed by atoms with van der Waals surface area (Å²) in [6.45, 7) is 5.17. The molecule has 0 aliphatic heterocycles. The van der Waals surface area contributed by atoms with E-state index in [-0.39, 0.29) is 4.99 Å². The Hall–Kier alpha value is -1.11. The molecule has 4 nitrogen and oxygen atoms in total. The Morgan fingerprint density at radius 1 is 1.52 bits per heavy atom. The maximum atomic E-state index is 6.13. The second-order valence-corrected chi connectivity index (χ2v) is 6.10. The fraction of sp³-hybridized carbons (Fsp3) is 0.286. The van der Waals surface area contributed by atoms with Gasteiger partial charge in [-0.2, -0.15) is 5.10 Å². The molecular formula is C14H15BrClN3OS. The summed E-state index contributed by atoms with van der Waals surface area (Å²) < 4.78 is 8.66. The summed E-state index contributed by atoms with van der Waals surface area (Å²) in [5.41, 5.74) is 8.16. The van der Waals surface area contributed by atoms with Gasteiger partial charge in [0, 0.05) is 12.1 Å². The van der Waals surface area contributed by atoms with Gasteiger partial charge in [0.25, 0.3) is 0 Å². The zero-order chi connectivity index (χ0) is 15.6. The Morgan fingerprint density at radius 3 is 2.81 bits per heavy atom. The molecule has 21 heavy (non-hydrogen) atoms. The molecule has 1 heterocycles. The summed E-state index contributed by atoms with van der Waals surface area (Å²) in [4.78, 5) is 0.272. The lowest BCUT2D eigenvalue weighted by molar-refractivity contribution is 0.291. The van der Waals surface area contributed by atoms with Gasteiger partial charge in [0.05, 0.1) is 20.9 Å². The summed E-state index contributed by atoms with van der Waals surface area (Å²) in [7, 11) is 0. The Labute approximate surface area is 142 Å². The molecule has 0 radical (unpaired) electrons. The molecule has 0 unspecified atom stereocenters. The van der Waals surface area contributed by atoms with Crippen LogP contribution in [0.3, 0.4) is 0 Å². The largest absolute Gasteiger partial charge is 0.487 e. The number of thiocarbonyl (C=S) groups is 1. The predicted molar refractivity (Wildman–Crippen MR) is 92.0 cm³/mol. The van der Waals surface area contributed by atoms with Gasteiger partial charge in [-0.05, 0) is 48.0 Å². The molecule has 0 saturated carbocycles. The van der Waals surface area contributed by atoms with E-state index in [1.54, 1.807) is 18.2 Å². The standard InChI is InChI=1S/C14H15BrClN3OS/c1-3-19-12(13(15)8(2)18-19)7-20-9-4-5-10(14(17)21)11(16)6-9/h4-6H,3,7H2,1-2H3,(H2,17,21). The Bertz CT molecular complexity index is 687. The number of aromatic nitrogens is 2. The zero-order valence-electron chi connectivity index (χ0n) is 11.7. The minimum Gasteiger partial charge on any atom is -0.487 e. The van der Waals surface area contributed by atoms with E-state index < -0.39 is 0 Å². The van der Waals surface area contributed by atoms with E-state index in [4.69, 9.17) is 34.3 Å². The van der Waals surface area contributed by atoms with Crippen LogP contribution in [0.25, 0.3) is 0 Å². The molecule has 0 amide bonds. The van der Waals surface area contributed by atoms with Gasteiger partial charge in [0.2, 0.25) is 0 Å². The molecule has 112 valence electrons. The van der Waals surface area contributed by atoms with Crippen molar-refractivity contribution in [3.8, 4) is 5.75 Å². The summed E-state index contributed by atoms with van der Waals surface area (Å²) in [5, 5.41) is 4.91. The average molecular weight is 389 g/mol. The topological polar surface area (TPSA) is 53.1 Å². The molecule has 0 atom stereocenters. The molecule has 0 bridgehead atoms. The minimum atomic E-state index is 0.272. The number of hydrogen-bond acceptors (Lipinski definition) is 3. The van der Waals surface area contributed by atoms with Crippen LogP contribution in [0.5, 0.6) is 5.75 Å². The maximum Gasteiger partial charge on any atom is 0.131 e. The normalized spacial score (nSPS) is 10.7. The van der Waals surface area contributed by atoms with E-state index in [2.05, 4.69) is 21.0 Å². The van der Waals surface area contributed by atoms with Crippen molar-refractivity contribution in [3.63, 3.8) is 0 Å². The third-order valence-electron chi connectivity index (χ3n) is 3.03. The minimum absolute atomic E-state index is 0.272. The van der Waals surface area contributed by atoms with Gasteiger partial charge in [-0.1, -0.05) is 23.8 Å². The van der Waals surface area contributed by atoms with Crippen molar-refractivity contribution in [1.82, 2.24) is 9.78 Å². The molecule has 0 spiro atoms. The first-order valence-electron chi connectivity index (χ1n) is 6.38. The van der Waals surface area contributed by atoms with Crippen LogP contribution in [0.15, 0.2) is 22.7 Å². The van der Waals surface area contributed by atoms with Gasteiger partial charge in [-0.15, -0.1) is 0 Å². The quantitative estimate of drug-likeness (QED) is 0.791. The van der Waals surface area contributed by atoms with Crippen LogP contribution in [-0.2, 0) is 13.2 Å². The van der Waals surface area contributed by atoms with Crippen LogP contribution in [0.2, 0.25) is 5.02 Å². The molecule has 2 aromatic rings. The van der Waals surface area contributed by atoms with Crippen molar-refractivity contribution >= 4 is 44.7 Å². The van der Waals surface area contributed by atoms with Crippen LogP contribution in [0.1, 0.15) is 23.9 Å². The SMILES string of the molecule is CCn1nc(C)c(Br)c1COc1ccc(C(N)=S)c(Cl)c1. The molecule has 1 aromatic heterocycles. The summed E-state index contributed by atoms with van der Waals surface area (Å²) in [6.07, 6.45) is 0. The van der Waals surface area contributed by atoms with Crippen molar-refractivity contribution in [2.75, 3.05) is 0 Å². The number of nitrogens with zero attached hydrogens (tertiary/aromatic N) is 2. The Kier molecular flexibility index (Phi) is 5.24. The van der Waals surface area contributed by atoms with Crippen LogP contribution in [0, 0.1) is 6.92 Å². The molecule has 7 heteroatoms. The van der Waals surface area contributed by atoms with Gasteiger partial charge in [-0.3, -0.25) is 4.68 Å².